The summed E-state index contributed by atoms with van der Waals surface area (Å²) in [5.74, 6) is 0. The predicted octanol–water partition coefficient (Wildman–Crippen LogP) is 1.86. The summed E-state index contributed by atoms with van der Waals surface area (Å²) in [6.07, 6.45) is 4.60. The molecule has 0 spiro atoms. The van der Waals surface area contributed by atoms with Crippen molar-refractivity contribution in [3.63, 3.8) is 0 Å². The smallest absolute Gasteiger partial charge is 0.141 e. The van der Waals surface area contributed by atoms with Gasteiger partial charge in [-0.05, 0) is 12.8 Å². The van der Waals surface area contributed by atoms with E-state index in [4.69, 9.17) is 4.18 Å². The summed E-state index contributed by atoms with van der Waals surface area (Å²) in [5, 5.41) is 1.02. The van der Waals surface area contributed by atoms with E-state index in [9.17, 15) is 4.21 Å². The van der Waals surface area contributed by atoms with Gasteiger partial charge in [0.2, 0.25) is 0 Å². The van der Waals surface area contributed by atoms with Crippen molar-refractivity contribution in [1.82, 2.24) is 0 Å². The minimum absolute atomic E-state index is 0.520. The zero-order chi connectivity index (χ0) is 8.74. The molecule has 0 bridgehead atoms. The molecule has 0 aliphatic heterocycles. The van der Waals surface area contributed by atoms with Crippen LogP contribution < -0.4 is 0 Å². The van der Waals surface area contributed by atoms with Crippen molar-refractivity contribution in [2.75, 3.05) is 18.2 Å². The Labute approximate surface area is 81.7 Å². The van der Waals surface area contributed by atoms with Gasteiger partial charge in [-0.2, -0.15) is 0 Å². The van der Waals surface area contributed by atoms with Crippen LogP contribution in [0.4, 0.5) is 0 Å². The Morgan fingerprint density at radius 1 is 1.45 bits per heavy atom. The van der Waals surface area contributed by atoms with Crippen LogP contribution in [0.15, 0.2) is 0 Å². The first-order chi connectivity index (χ1) is 5.06. The fraction of sp³-hybridized carbons (Fsp3) is 1.00. The quantitative estimate of drug-likeness (QED) is 0.539. The molecule has 0 aromatic carbocycles. The second-order valence-corrected chi connectivity index (χ2v) is 6.53. The van der Waals surface area contributed by atoms with Gasteiger partial charge in [-0.1, -0.05) is 22.4 Å². The van der Waals surface area contributed by atoms with Gasteiger partial charge in [-0.3, -0.25) is 4.18 Å². The molecule has 2 nitrogen and oxygen atoms in total. The third-order valence-electron chi connectivity index (χ3n) is 1.08. The summed E-state index contributed by atoms with van der Waals surface area (Å²) in [4.78, 5) is 0. The van der Waals surface area contributed by atoms with Gasteiger partial charge < -0.3 is 0 Å². The van der Waals surface area contributed by atoms with Crippen molar-refractivity contribution in [3.05, 3.63) is 0 Å². The minimum atomic E-state index is -2.39. The van der Waals surface area contributed by atoms with E-state index < -0.39 is 8.77 Å². The van der Waals surface area contributed by atoms with E-state index in [0.717, 1.165) is 24.6 Å². The lowest BCUT2D eigenvalue weighted by atomic mass is 10.3. The summed E-state index contributed by atoms with van der Waals surface area (Å²) in [6, 6.07) is 0. The fourth-order valence-corrected chi connectivity index (χ4v) is 1.60. The normalized spacial score (nSPS) is 16.2. The topological polar surface area (TPSA) is 26.3 Å². The SMILES string of the molecule is CS(=O)(=S)OCCCCCBr. The average Bonchev–Trinajstić information content (AvgIpc) is 1.85. The van der Waals surface area contributed by atoms with E-state index in [1.165, 1.54) is 6.26 Å². The lowest BCUT2D eigenvalue weighted by Gasteiger charge is -2.01. The van der Waals surface area contributed by atoms with Crippen LogP contribution in [0.3, 0.4) is 0 Å². The number of unbranched alkanes of at least 4 members (excludes halogenated alkanes) is 2. The Balaban J connectivity index is 3.16. The van der Waals surface area contributed by atoms with Crippen LogP contribution in [-0.2, 0) is 24.1 Å². The van der Waals surface area contributed by atoms with Gasteiger partial charge in [0.25, 0.3) is 0 Å². The highest BCUT2D eigenvalue weighted by Gasteiger charge is 1.95. The average molecular weight is 261 g/mol. The van der Waals surface area contributed by atoms with Crippen molar-refractivity contribution in [2.45, 2.75) is 19.3 Å². The molecule has 68 valence electrons. The van der Waals surface area contributed by atoms with E-state index >= 15 is 0 Å². The van der Waals surface area contributed by atoms with Gasteiger partial charge >= 0.3 is 0 Å². The maximum absolute atomic E-state index is 10.8. The third-order valence-corrected chi connectivity index (χ3v) is 2.52. The van der Waals surface area contributed by atoms with Crippen LogP contribution >= 0.6 is 15.9 Å². The maximum atomic E-state index is 10.8. The highest BCUT2D eigenvalue weighted by Crippen LogP contribution is 2.00. The summed E-state index contributed by atoms with van der Waals surface area (Å²) in [7, 11) is -2.39. The first kappa shape index (κ1) is 11.8. The molecule has 0 aliphatic carbocycles. The molecule has 1 unspecified atom stereocenters. The van der Waals surface area contributed by atoms with E-state index in [0.29, 0.717) is 6.61 Å². The zero-order valence-electron chi connectivity index (χ0n) is 6.55. The van der Waals surface area contributed by atoms with Gasteiger partial charge in [-0.25, -0.2) is 4.21 Å². The van der Waals surface area contributed by atoms with Crippen LogP contribution in [0.1, 0.15) is 19.3 Å². The first-order valence-corrected chi connectivity index (χ1v) is 7.40. The van der Waals surface area contributed by atoms with Crippen LogP contribution in [0.25, 0.3) is 0 Å². The summed E-state index contributed by atoms with van der Waals surface area (Å²) < 4.78 is 15.7. The second kappa shape index (κ2) is 6.34. The molecule has 0 N–H and O–H groups in total. The summed E-state index contributed by atoms with van der Waals surface area (Å²) >= 11 is 7.88. The van der Waals surface area contributed by atoms with Crippen molar-refractivity contribution in [2.24, 2.45) is 0 Å². The van der Waals surface area contributed by atoms with E-state index in [-0.39, 0.29) is 0 Å². The van der Waals surface area contributed by atoms with E-state index in [1.807, 2.05) is 0 Å². The number of alkyl halides is 1. The second-order valence-electron chi connectivity index (χ2n) is 2.28. The standard InChI is InChI=1S/C6H13BrO2S2/c1-11(8,10)9-6-4-2-3-5-7/h2-6H2,1H3. The molecule has 0 saturated carbocycles. The zero-order valence-corrected chi connectivity index (χ0v) is 9.77. The fourth-order valence-electron chi connectivity index (χ4n) is 0.584. The maximum Gasteiger partial charge on any atom is 0.141 e. The highest BCUT2D eigenvalue weighted by atomic mass is 79.9. The Morgan fingerprint density at radius 3 is 2.55 bits per heavy atom. The Kier molecular flexibility index (Phi) is 6.81. The number of hydrogen-bond donors (Lipinski definition) is 0. The summed E-state index contributed by atoms with van der Waals surface area (Å²) in [6.45, 7) is 0.520. The van der Waals surface area contributed by atoms with Gasteiger partial charge in [0.05, 0.1) is 6.61 Å². The van der Waals surface area contributed by atoms with E-state index in [1.54, 1.807) is 0 Å². The first-order valence-electron chi connectivity index (χ1n) is 3.46. The number of rotatable bonds is 6. The molecule has 0 radical (unpaired) electrons. The monoisotopic (exact) mass is 260 g/mol. The molecular weight excluding hydrogens is 248 g/mol. The Bertz CT molecular complexity index is 177. The molecule has 11 heavy (non-hydrogen) atoms. The van der Waals surface area contributed by atoms with Crippen molar-refractivity contribution in [1.29, 1.82) is 0 Å². The highest BCUT2D eigenvalue weighted by molar-refractivity contribution is 9.09. The van der Waals surface area contributed by atoms with Crippen LogP contribution in [0.5, 0.6) is 0 Å². The van der Waals surface area contributed by atoms with Crippen LogP contribution in [0, 0.1) is 0 Å². The van der Waals surface area contributed by atoms with Crippen molar-refractivity contribution >= 4 is 35.9 Å². The Hall–Kier alpha value is 0.810. The number of hydrogen-bond acceptors (Lipinski definition) is 3. The predicted molar refractivity (Wildman–Crippen MR) is 55.0 cm³/mol. The number of halogens is 1. The lowest BCUT2D eigenvalue weighted by molar-refractivity contribution is 0.336. The van der Waals surface area contributed by atoms with E-state index in [2.05, 4.69) is 27.1 Å². The van der Waals surface area contributed by atoms with Crippen molar-refractivity contribution < 1.29 is 8.39 Å². The largest absolute Gasteiger partial charge is 0.290 e. The lowest BCUT2D eigenvalue weighted by Crippen LogP contribution is -2.02. The molecule has 0 aliphatic rings. The minimum Gasteiger partial charge on any atom is -0.290 e. The molecule has 5 heteroatoms. The molecule has 0 heterocycles. The third kappa shape index (κ3) is 10.8. The van der Waals surface area contributed by atoms with Gasteiger partial charge in [0, 0.05) is 22.8 Å². The van der Waals surface area contributed by atoms with Crippen LogP contribution in [-0.4, -0.2) is 22.4 Å². The molecule has 0 rings (SSSR count). The molecule has 0 fully saturated rings. The molecule has 0 aromatic rings. The van der Waals surface area contributed by atoms with Crippen molar-refractivity contribution in [3.8, 4) is 0 Å². The molecular formula is C6H13BrO2S2. The van der Waals surface area contributed by atoms with Crippen LogP contribution in [0.2, 0.25) is 0 Å². The Morgan fingerprint density at radius 2 is 2.09 bits per heavy atom. The molecule has 0 aromatic heterocycles. The molecule has 0 amide bonds. The summed E-state index contributed by atoms with van der Waals surface area (Å²) in [5.41, 5.74) is 0. The van der Waals surface area contributed by atoms with Gasteiger partial charge in [-0.15, -0.1) is 0 Å². The molecule has 0 saturated heterocycles. The van der Waals surface area contributed by atoms with Gasteiger partial charge in [0.15, 0.2) is 0 Å². The molecule has 1 atom stereocenters. The van der Waals surface area contributed by atoms with Gasteiger partial charge in [0.1, 0.15) is 8.77 Å².